The van der Waals surface area contributed by atoms with E-state index >= 15 is 0 Å². The first-order valence-corrected chi connectivity index (χ1v) is 9.84. The summed E-state index contributed by atoms with van der Waals surface area (Å²) in [5.74, 6) is -3.06. The molecular formula is C17H11Cl2F2N3O3S. The van der Waals surface area contributed by atoms with E-state index in [0.717, 1.165) is 18.3 Å². The third-order valence-corrected chi connectivity index (χ3v) is 6.00. The van der Waals surface area contributed by atoms with Gasteiger partial charge in [0.1, 0.15) is 28.0 Å². The van der Waals surface area contributed by atoms with E-state index in [1.54, 1.807) is 4.72 Å². The molecule has 28 heavy (non-hydrogen) atoms. The van der Waals surface area contributed by atoms with Crippen molar-refractivity contribution in [3.63, 3.8) is 0 Å². The fourth-order valence-electron chi connectivity index (χ4n) is 2.48. The molecule has 0 saturated carbocycles. The van der Waals surface area contributed by atoms with E-state index in [0.29, 0.717) is 0 Å². The molecule has 0 aliphatic heterocycles. The normalized spacial score (nSPS) is 11.5. The maximum Gasteiger partial charge on any atom is 0.285 e. The smallest absolute Gasteiger partial charge is 0.285 e. The van der Waals surface area contributed by atoms with Crippen LogP contribution in [0.15, 0.2) is 47.5 Å². The van der Waals surface area contributed by atoms with Crippen molar-refractivity contribution < 1.29 is 22.0 Å². The second-order valence-corrected chi connectivity index (χ2v) is 8.08. The molecule has 2 aromatic carbocycles. The molecule has 0 fully saturated rings. The van der Waals surface area contributed by atoms with Crippen molar-refractivity contribution in [1.29, 1.82) is 0 Å². The van der Waals surface area contributed by atoms with Crippen LogP contribution >= 0.6 is 23.2 Å². The Balaban J connectivity index is 1.97. The first-order chi connectivity index (χ1) is 13.1. The lowest BCUT2D eigenvalue weighted by atomic mass is 10.2. The van der Waals surface area contributed by atoms with Gasteiger partial charge in [-0.3, -0.25) is 4.79 Å². The molecule has 0 saturated heterocycles. The molecular weight excluding hydrogens is 435 g/mol. The second-order valence-electron chi connectivity index (χ2n) is 5.64. The van der Waals surface area contributed by atoms with E-state index in [4.69, 9.17) is 23.2 Å². The van der Waals surface area contributed by atoms with Gasteiger partial charge in [-0.1, -0.05) is 35.3 Å². The third-order valence-electron chi connectivity index (χ3n) is 3.71. The predicted molar refractivity (Wildman–Crippen MR) is 99.7 cm³/mol. The number of hydrogen-bond donors (Lipinski definition) is 1. The summed E-state index contributed by atoms with van der Waals surface area (Å²) in [5, 5.41) is -0.356. The minimum absolute atomic E-state index is 0.178. The fraction of sp³-hybridized carbons (Fsp3) is 0.0588. The topological polar surface area (TPSA) is 81.1 Å². The van der Waals surface area contributed by atoms with Gasteiger partial charge in [-0.15, -0.1) is 0 Å². The summed E-state index contributed by atoms with van der Waals surface area (Å²) in [4.78, 5) is 15.8. The lowest BCUT2D eigenvalue weighted by Gasteiger charge is -2.08. The molecule has 0 radical (unpaired) electrons. The number of carbonyl (C=O) groups excluding carboxylic acids is 1. The van der Waals surface area contributed by atoms with Crippen LogP contribution in [0.4, 0.5) is 8.78 Å². The average molecular weight is 446 g/mol. The quantitative estimate of drug-likeness (QED) is 0.662. The molecule has 1 heterocycles. The highest BCUT2D eigenvalue weighted by Crippen LogP contribution is 2.29. The average Bonchev–Trinajstić information content (AvgIpc) is 2.96. The van der Waals surface area contributed by atoms with Crippen LogP contribution in [0.5, 0.6) is 0 Å². The zero-order valence-corrected chi connectivity index (χ0v) is 16.4. The molecule has 0 atom stereocenters. The molecule has 0 spiro atoms. The van der Waals surface area contributed by atoms with E-state index in [-0.39, 0.29) is 21.6 Å². The number of benzene rings is 2. The van der Waals surface area contributed by atoms with Crippen molar-refractivity contribution in [2.45, 2.75) is 4.90 Å². The minimum Gasteiger partial charge on any atom is -0.333 e. The summed E-state index contributed by atoms with van der Waals surface area (Å²) in [5.41, 5.74) is -0.812. The first kappa shape index (κ1) is 20.2. The van der Waals surface area contributed by atoms with Crippen molar-refractivity contribution in [2.24, 2.45) is 7.05 Å². The van der Waals surface area contributed by atoms with Gasteiger partial charge in [0.05, 0.1) is 15.6 Å². The molecule has 0 bridgehead atoms. The second kappa shape index (κ2) is 7.50. The predicted octanol–water partition coefficient (Wildman–Crippen LogP) is 3.79. The maximum absolute atomic E-state index is 14.0. The number of aromatic nitrogens is 2. The molecule has 3 rings (SSSR count). The van der Waals surface area contributed by atoms with Crippen LogP contribution in [-0.4, -0.2) is 23.9 Å². The maximum atomic E-state index is 14.0. The summed E-state index contributed by atoms with van der Waals surface area (Å²) < 4.78 is 55.9. The number of halogens is 4. The van der Waals surface area contributed by atoms with E-state index in [1.807, 2.05) is 0 Å². The van der Waals surface area contributed by atoms with Crippen LogP contribution in [0, 0.1) is 11.6 Å². The number of aryl methyl sites for hydroxylation is 1. The molecule has 0 aliphatic carbocycles. The fourth-order valence-corrected chi connectivity index (χ4v) is 4.59. The minimum atomic E-state index is -4.41. The molecule has 0 unspecified atom stereocenters. The highest BCUT2D eigenvalue weighted by atomic mass is 35.5. The van der Waals surface area contributed by atoms with Gasteiger partial charge in [-0.25, -0.2) is 26.9 Å². The first-order valence-electron chi connectivity index (χ1n) is 7.60. The van der Waals surface area contributed by atoms with Gasteiger partial charge in [0.25, 0.3) is 15.9 Å². The Morgan fingerprint density at radius 2 is 1.61 bits per heavy atom. The highest BCUT2D eigenvalue weighted by molar-refractivity contribution is 7.90. The van der Waals surface area contributed by atoms with Gasteiger partial charge in [0.15, 0.2) is 0 Å². The van der Waals surface area contributed by atoms with Crippen LogP contribution in [0.25, 0.3) is 11.4 Å². The van der Waals surface area contributed by atoms with Gasteiger partial charge < -0.3 is 4.57 Å². The van der Waals surface area contributed by atoms with Gasteiger partial charge in [-0.2, -0.15) is 0 Å². The number of sulfonamides is 1. The Kier molecular flexibility index (Phi) is 5.42. The number of nitrogens with zero attached hydrogens (tertiary/aromatic N) is 2. The molecule has 1 N–H and O–H groups in total. The van der Waals surface area contributed by atoms with Crippen LogP contribution in [0.3, 0.4) is 0 Å². The largest absolute Gasteiger partial charge is 0.333 e. The molecule has 1 aromatic heterocycles. The Morgan fingerprint density at radius 1 is 1.07 bits per heavy atom. The van der Waals surface area contributed by atoms with Gasteiger partial charge >= 0.3 is 0 Å². The van der Waals surface area contributed by atoms with Crippen molar-refractivity contribution in [3.05, 3.63) is 70.0 Å². The summed E-state index contributed by atoms with van der Waals surface area (Å²) in [6, 6.07) is 7.30. The third kappa shape index (κ3) is 3.73. The molecule has 1 amide bonds. The van der Waals surface area contributed by atoms with Crippen LogP contribution in [0.1, 0.15) is 10.5 Å². The Hall–Kier alpha value is -2.49. The molecule has 3 aromatic rings. The Morgan fingerprint density at radius 3 is 2.18 bits per heavy atom. The SMILES string of the molecule is Cn1cc(C(=O)NS(=O)(=O)c2c(Cl)cccc2Cl)nc1-c1c(F)cccc1F. The number of hydrogen-bond acceptors (Lipinski definition) is 4. The monoisotopic (exact) mass is 445 g/mol. The van der Waals surface area contributed by atoms with Crippen molar-refractivity contribution in [2.75, 3.05) is 0 Å². The molecule has 11 heteroatoms. The van der Waals surface area contributed by atoms with Crippen molar-refractivity contribution in [3.8, 4) is 11.4 Å². The van der Waals surface area contributed by atoms with Crippen molar-refractivity contribution in [1.82, 2.24) is 14.3 Å². The number of rotatable bonds is 4. The zero-order chi connectivity index (χ0) is 20.6. The zero-order valence-electron chi connectivity index (χ0n) is 14.1. The Labute approximate surface area is 168 Å². The van der Waals surface area contributed by atoms with Gasteiger partial charge in [0.2, 0.25) is 0 Å². The summed E-state index contributed by atoms with van der Waals surface area (Å²) in [7, 11) is -3.01. The van der Waals surface area contributed by atoms with Gasteiger partial charge in [-0.05, 0) is 24.3 Å². The molecule has 146 valence electrons. The van der Waals surface area contributed by atoms with E-state index in [1.165, 1.54) is 35.9 Å². The van der Waals surface area contributed by atoms with Gasteiger partial charge in [0, 0.05) is 13.2 Å². The van der Waals surface area contributed by atoms with E-state index in [2.05, 4.69) is 4.98 Å². The summed E-state index contributed by atoms with van der Waals surface area (Å²) in [6.45, 7) is 0. The number of nitrogens with one attached hydrogen (secondary N) is 1. The number of carbonyl (C=O) groups is 1. The van der Waals surface area contributed by atoms with Crippen LogP contribution in [-0.2, 0) is 17.1 Å². The number of imidazole rings is 1. The van der Waals surface area contributed by atoms with Crippen LogP contribution in [0.2, 0.25) is 10.0 Å². The summed E-state index contributed by atoms with van der Waals surface area (Å²) in [6.07, 6.45) is 1.14. The highest BCUT2D eigenvalue weighted by Gasteiger charge is 2.26. The van der Waals surface area contributed by atoms with Crippen LogP contribution < -0.4 is 4.72 Å². The molecule has 6 nitrogen and oxygen atoms in total. The van der Waals surface area contributed by atoms with E-state index in [9.17, 15) is 22.0 Å². The lowest BCUT2D eigenvalue weighted by molar-refractivity contribution is 0.0977. The lowest BCUT2D eigenvalue weighted by Crippen LogP contribution is -2.31. The number of amides is 1. The molecule has 0 aliphatic rings. The Bertz CT molecular complexity index is 1160. The van der Waals surface area contributed by atoms with E-state index < -0.39 is 38.0 Å². The standard InChI is InChI=1S/C17H11Cl2F2N3O3S/c1-24-8-13(22-16(24)14-11(20)6-3-7-12(14)21)17(25)23-28(26,27)15-9(18)4-2-5-10(15)19/h2-8H,1H3,(H,23,25). The summed E-state index contributed by atoms with van der Waals surface area (Å²) >= 11 is 11.7. The van der Waals surface area contributed by atoms with Crippen molar-refractivity contribution >= 4 is 39.1 Å².